The van der Waals surface area contributed by atoms with Crippen LogP contribution in [0.3, 0.4) is 0 Å². The number of rotatable bonds is 2. The number of esters is 1. The van der Waals surface area contributed by atoms with Gasteiger partial charge in [0, 0.05) is 18.1 Å². The molecule has 0 saturated heterocycles. The first-order valence-corrected chi connectivity index (χ1v) is 11.3. The molecule has 194 valence electrons. The highest BCUT2D eigenvalue weighted by Crippen LogP contribution is 2.55. The molecule has 6 rings (SSSR count). The van der Waals surface area contributed by atoms with Gasteiger partial charge in [-0.1, -0.05) is 0 Å². The van der Waals surface area contributed by atoms with Crippen LogP contribution in [0.5, 0.6) is 28.7 Å². The lowest BCUT2D eigenvalue weighted by Gasteiger charge is -2.35. The Hall–Kier alpha value is -5.00. The summed E-state index contributed by atoms with van der Waals surface area (Å²) in [4.78, 5) is 49.9. The van der Waals surface area contributed by atoms with Crippen LogP contribution >= 0.6 is 0 Å². The Morgan fingerprint density at radius 1 is 0.974 bits per heavy atom. The molecule has 1 aliphatic carbocycles. The van der Waals surface area contributed by atoms with E-state index in [-0.39, 0.29) is 64.2 Å². The number of aryl methyl sites for hydroxylation is 1. The van der Waals surface area contributed by atoms with Crippen LogP contribution in [0.1, 0.15) is 48.8 Å². The van der Waals surface area contributed by atoms with Crippen LogP contribution in [0, 0.1) is 0 Å². The molecule has 2 aliphatic heterocycles. The van der Waals surface area contributed by atoms with Crippen molar-refractivity contribution >= 4 is 28.3 Å². The third-order valence-corrected chi connectivity index (χ3v) is 6.92. The van der Waals surface area contributed by atoms with E-state index in [2.05, 4.69) is 4.74 Å². The van der Waals surface area contributed by atoms with Gasteiger partial charge in [-0.05, 0) is 29.5 Å². The number of phenols is 3. The molecule has 0 radical (unpaired) electrons. The van der Waals surface area contributed by atoms with E-state index in [9.17, 15) is 34.5 Å². The number of hydrogen-bond acceptors (Lipinski definition) is 12. The van der Waals surface area contributed by atoms with Crippen molar-refractivity contribution < 1.29 is 53.1 Å². The van der Waals surface area contributed by atoms with Crippen LogP contribution in [-0.4, -0.2) is 52.9 Å². The molecule has 2 aromatic carbocycles. The van der Waals surface area contributed by atoms with Gasteiger partial charge in [-0.2, -0.15) is 0 Å². The summed E-state index contributed by atoms with van der Waals surface area (Å²) in [5.41, 5.74) is -1.29. The molecule has 1 atom stereocenters. The highest BCUT2D eigenvalue weighted by molar-refractivity contribution is 6.26. The van der Waals surface area contributed by atoms with Crippen LogP contribution in [-0.2, 0) is 22.3 Å². The number of ketones is 2. The van der Waals surface area contributed by atoms with Gasteiger partial charge < -0.3 is 38.7 Å². The number of carbonyl (C=O) groups excluding carboxylic acids is 3. The fraction of sp³-hybridized carbons (Fsp3) is 0.231. The predicted octanol–water partition coefficient (Wildman–Crippen LogP) is 2.26. The van der Waals surface area contributed by atoms with Crippen molar-refractivity contribution in [3.63, 3.8) is 0 Å². The van der Waals surface area contributed by atoms with Crippen molar-refractivity contribution in [2.75, 3.05) is 14.2 Å². The van der Waals surface area contributed by atoms with E-state index in [0.717, 1.165) is 13.2 Å². The monoisotopic (exact) mass is 522 g/mol. The Labute approximate surface area is 212 Å². The second kappa shape index (κ2) is 7.75. The number of hydrogen-bond donors (Lipinski definition) is 3. The van der Waals surface area contributed by atoms with Crippen molar-refractivity contribution in [3.8, 4) is 28.7 Å². The van der Waals surface area contributed by atoms with Gasteiger partial charge in [-0.25, -0.2) is 9.59 Å². The maximum absolute atomic E-state index is 12.8. The summed E-state index contributed by atoms with van der Waals surface area (Å²) in [7, 11) is 2.33. The normalized spacial score (nSPS) is 19.3. The Balaban J connectivity index is 1.44. The number of Topliss-reactive ketones (excluding diaryl/α,β-unsaturated/α-hetero) is 1. The number of benzene rings is 2. The molecule has 3 heterocycles. The molecule has 0 saturated carbocycles. The number of aromatic hydroxyl groups is 3. The van der Waals surface area contributed by atoms with E-state index >= 15 is 0 Å². The minimum absolute atomic E-state index is 0.0441. The second-order valence-electron chi connectivity index (χ2n) is 9.02. The van der Waals surface area contributed by atoms with Crippen molar-refractivity contribution in [2.24, 2.45) is 0 Å². The molecular formula is C26H18O12. The fourth-order valence-corrected chi connectivity index (χ4v) is 5.15. The first kappa shape index (κ1) is 23.4. The standard InChI is InChI=1S/C26H18O12/c1-34-13-7-12(27)16-17(19(13)29)21(31)23-11(18(16)28)8-26(38-23)4-3-9-5-10-6-14(24(32)35-2)36-25(33)15(10)20(30)22(9)37-26/h5-7,28,30-31H,3-4,8H2,1-2H3. The number of ether oxygens (including phenoxy) is 4. The molecule has 1 aromatic heterocycles. The van der Waals surface area contributed by atoms with Crippen molar-refractivity contribution in [1.29, 1.82) is 0 Å². The molecule has 0 bridgehead atoms. The summed E-state index contributed by atoms with van der Waals surface area (Å²) in [6.07, 6.45) is 1.20. The quantitative estimate of drug-likeness (QED) is 0.331. The van der Waals surface area contributed by atoms with Crippen LogP contribution in [0.2, 0.25) is 0 Å². The smallest absolute Gasteiger partial charge is 0.374 e. The summed E-state index contributed by atoms with van der Waals surface area (Å²) < 4.78 is 26.5. The molecule has 3 N–H and O–H groups in total. The van der Waals surface area contributed by atoms with E-state index in [1.54, 1.807) is 6.07 Å². The Morgan fingerprint density at radius 2 is 1.71 bits per heavy atom. The van der Waals surface area contributed by atoms with E-state index in [1.807, 2.05) is 0 Å². The van der Waals surface area contributed by atoms with E-state index < -0.39 is 51.8 Å². The Kier molecular flexibility index (Phi) is 4.77. The molecule has 0 fully saturated rings. The zero-order valence-corrected chi connectivity index (χ0v) is 19.9. The lowest BCUT2D eigenvalue weighted by molar-refractivity contribution is -0.112. The van der Waals surface area contributed by atoms with Crippen LogP contribution in [0.25, 0.3) is 10.8 Å². The van der Waals surface area contributed by atoms with Gasteiger partial charge in [0.15, 0.2) is 34.5 Å². The summed E-state index contributed by atoms with van der Waals surface area (Å²) >= 11 is 0. The molecule has 1 spiro atoms. The molecule has 12 nitrogen and oxygen atoms in total. The predicted molar refractivity (Wildman–Crippen MR) is 125 cm³/mol. The SMILES string of the molecule is COC(=O)c1cc2cc3c(c(O)c2c(=O)o1)OC1(CC3)Cc2c(O)c3c(c(O)c2O1)C(=O)C(OC)=CC3=O. The van der Waals surface area contributed by atoms with E-state index in [4.69, 9.17) is 18.6 Å². The topological polar surface area (TPSA) is 179 Å². The van der Waals surface area contributed by atoms with E-state index in [0.29, 0.717) is 5.56 Å². The van der Waals surface area contributed by atoms with Crippen molar-refractivity contribution in [1.82, 2.24) is 0 Å². The Bertz CT molecular complexity index is 1730. The highest BCUT2D eigenvalue weighted by Gasteiger charge is 2.50. The molecular weight excluding hydrogens is 504 g/mol. The lowest BCUT2D eigenvalue weighted by Crippen LogP contribution is -2.44. The second-order valence-corrected chi connectivity index (χ2v) is 9.02. The highest BCUT2D eigenvalue weighted by atomic mass is 16.7. The third kappa shape index (κ3) is 3.03. The summed E-state index contributed by atoms with van der Waals surface area (Å²) in [5.74, 6) is -6.66. The third-order valence-electron chi connectivity index (χ3n) is 6.92. The van der Waals surface area contributed by atoms with Crippen LogP contribution < -0.4 is 15.1 Å². The molecule has 0 amide bonds. The number of methoxy groups -OCH3 is 2. The van der Waals surface area contributed by atoms with Gasteiger partial charge in [0.05, 0.1) is 31.8 Å². The van der Waals surface area contributed by atoms with Gasteiger partial charge in [-0.15, -0.1) is 0 Å². The maximum atomic E-state index is 12.8. The number of fused-ring (bicyclic) bond motifs is 4. The maximum Gasteiger partial charge on any atom is 0.374 e. The van der Waals surface area contributed by atoms with Crippen LogP contribution in [0.15, 0.2) is 33.2 Å². The average Bonchev–Trinajstić information content (AvgIpc) is 3.27. The van der Waals surface area contributed by atoms with Crippen molar-refractivity contribution in [3.05, 3.63) is 62.4 Å². The summed E-state index contributed by atoms with van der Waals surface area (Å²) in [6.45, 7) is 0. The first-order chi connectivity index (χ1) is 18.1. The van der Waals surface area contributed by atoms with Gasteiger partial charge in [0.1, 0.15) is 11.1 Å². The van der Waals surface area contributed by atoms with Gasteiger partial charge >= 0.3 is 11.6 Å². The van der Waals surface area contributed by atoms with Gasteiger partial charge in [0.25, 0.3) is 5.79 Å². The largest absolute Gasteiger partial charge is 0.507 e. The molecule has 1 unspecified atom stereocenters. The lowest BCUT2D eigenvalue weighted by atomic mass is 9.87. The number of allylic oxidation sites excluding steroid dienone is 2. The molecule has 3 aromatic rings. The minimum atomic E-state index is -1.55. The molecule has 12 heteroatoms. The fourth-order valence-electron chi connectivity index (χ4n) is 5.15. The zero-order chi connectivity index (χ0) is 27.1. The molecule has 38 heavy (non-hydrogen) atoms. The number of phenolic OH excluding ortho intramolecular Hbond substituents is 3. The summed E-state index contributed by atoms with van der Waals surface area (Å²) in [6, 6.07) is 2.83. The number of carbonyl (C=O) groups is 3. The first-order valence-electron chi connectivity index (χ1n) is 11.3. The Morgan fingerprint density at radius 3 is 2.42 bits per heavy atom. The molecule has 3 aliphatic rings. The van der Waals surface area contributed by atoms with E-state index in [1.165, 1.54) is 13.2 Å². The van der Waals surface area contributed by atoms with Crippen molar-refractivity contribution in [2.45, 2.75) is 25.0 Å². The summed E-state index contributed by atoms with van der Waals surface area (Å²) in [5, 5.41) is 32.8. The van der Waals surface area contributed by atoms with Crippen LogP contribution in [0.4, 0.5) is 0 Å². The minimum Gasteiger partial charge on any atom is -0.507 e. The van der Waals surface area contributed by atoms with Gasteiger partial charge in [0.2, 0.25) is 11.5 Å². The average molecular weight is 522 g/mol. The van der Waals surface area contributed by atoms with Gasteiger partial charge in [-0.3, -0.25) is 9.59 Å². The zero-order valence-electron chi connectivity index (χ0n) is 19.9.